The van der Waals surface area contributed by atoms with Gasteiger partial charge >= 0.3 is 0 Å². The standard InChI is InChI=1S/C12H15Cl2NO.ClH/c13-11-4-3-9(6-12(11)14)7-16-8-10-2-1-5-15-10;/h3-4,6,10,15H,1-2,5,7-8H2;1H. The van der Waals surface area contributed by atoms with Crippen LogP contribution in [0.2, 0.25) is 10.0 Å². The summed E-state index contributed by atoms with van der Waals surface area (Å²) in [5.74, 6) is 0. The molecule has 96 valence electrons. The molecule has 17 heavy (non-hydrogen) atoms. The zero-order valence-corrected chi connectivity index (χ0v) is 11.7. The molecule has 1 atom stereocenters. The Balaban J connectivity index is 0.00000144. The first-order valence-electron chi connectivity index (χ1n) is 5.51. The molecule has 0 aromatic heterocycles. The predicted octanol–water partition coefficient (Wildman–Crippen LogP) is 3.68. The Labute approximate surface area is 118 Å². The Kier molecular flexibility index (Phi) is 6.60. The van der Waals surface area contributed by atoms with Crippen LogP contribution in [-0.4, -0.2) is 19.2 Å². The number of rotatable bonds is 4. The van der Waals surface area contributed by atoms with Gasteiger partial charge in [0.15, 0.2) is 0 Å². The molecule has 2 rings (SSSR count). The van der Waals surface area contributed by atoms with E-state index in [0.29, 0.717) is 22.7 Å². The van der Waals surface area contributed by atoms with Crippen molar-refractivity contribution in [2.24, 2.45) is 0 Å². The van der Waals surface area contributed by atoms with Gasteiger partial charge in [0.05, 0.1) is 23.3 Å². The zero-order valence-electron chi connectivity index (χ0n) is 9.42. The van der Waals surface area contributed by atoms with E-state index in [0.717, 1.165) is 18.7 Å². The second kappa shape index (κ2) is 7.45. The second-order valence-electron chi connectivity index (χ2n) is 4.06. The molecule has 0 saturated carbocycles. The molecule has 1 aliphatic heterocycles. The number of benzene rings is 1. The van der Waals surface area contributed by atoms with Crippen LogP contribution in [-0.2, 0) is 11.3 Å². The second-order valence-corrected chi connectivity index (χ2v) is 4.87. The molecule has 1 fully saturated rings. The fourth-order valence-electron chi connectivity index (χ4n) is 1.85. The third kappa shape index (κ3) is 4.65. The van der Waals surface area contributed by atoms with E-state index in [1.54, 1.807) is 6.07 Å². The van der Waals surface area contributed by atoms with Gasteiger partial charge in [-0.2, -0.15) is 0 Å². The maximum absolute atomic E-state index is 5.92. The van der Waals surface area contributed by atoms with E-state index in [1.165, 1.54) is 12.8 Å². The summed E-state index contributed by atoms with van der Waals surface area (Å²) in [6.45, 7) is 2.47. The van der Waals surface area contributed by atoms with Crippen molar-refractivity contribution in [3.05, 3.63) is 33.8 Å². The average Bonchev–Trinajstić information content (AvgIpc) is 2.76. The van der Waals surface area contributed by atoms with E-state index in [2.05, 4.69) is 5.32 Å². The van der Waals surface area contributed by atoms with Crippen LogP contribution >= 0.6 is 35.6 Å². The van der Waals surface area contributed by atoms with Gasteiger partial charge in [0.1, 0.15) is 0 Å². The van der Waals surface area contributed by atoms with Crippen molar-refractivity contribution in [3.63, 3.8) is 0 Å². The van der Waals surface area contributed by atoms with Gasteiger partial charge in [-0.1, -0.05) is 29.3 Å². The molecule has 0 bridgehead atoms. The molecule has 1 aliphatic rings. The molecular weight excluding hydrogens is 280 g/mol. The van der Waals surface area contributed by atoms with E-state index < -0.39 is 0 Å². The van der Waals surface area contributed by atoms with E-state index in [9.17, 15) is 0 Å². The molecule has 1 unspecified atom stereocenters. The highest BCUT2D eigenvalue weighted by Crippen LogP contribution is 2.22. The first-order chi connectivity index (χ1) is 7.75. The van der Waals surface area contributed by atoms with Crippen molar-refractivity contribution >= 4 is 35.6 Å². The average molecular weight is 297 g/mol. The minimum Gasteiger partial charge on any atom is -0.375 e. The molecule has 0 amide bonds. The van der Waals surface area contributed by atoms with Crippen LogP contribution in [0.15, 0.2) is 18.2 Å². The minimum atomic E-state index is 0. The van der Waals surface area contributed by atoms with Gasteiger partial charge in [0.2, 0.25) is 0 Å². The number of nitrogens with one attached hydrogen (secondary N) is 1. The molecule has 2 nitrogen and oxygen atoms in total. The van der Waals surface area contributed by atoms with Crippen molar-refractivity contribution in [1.29, 1.82) is 0 Å². The fraction of sp³-hybridized carbons (Fsp3) is 0.500. The third-order valence-electron chi connectivity index (χ3n) is 2.73. The smallest absolute Gasteiger partial charge is 0.0718 e. The summed E-state index contributed by atoms with van der Waals surface area (Å²) >= 11 is 11.8. The lowest BCUT2D eigenvalue weighted by Gasteiger charge is -2.11. The highest BCUT2D eigenvalue weighted by molar-refractivity contribution is 6.42. The summed E-state index contributed by atoms with van der Waals surface area (Å²) < 4.78 is 5.63. The van der Waals surface area contributed by atoms with Gasteiger partial charge in [-0.3, -0.25) is 0 Å². The lowest BCUT2D eigenvalue weighted by Crippen LogP contribution is -2.26. The summed E-state index contributed by atoms with van der Waals surface area (Å²) in [6, 6.07) is 6.11. The Morgan fingerprint density at radius 2 is 2.12 bits per heavy atom. The van der Waals surface area contributed by atoms with Gasteiger partial charge in [0.25, 0.3) is 0 Å². The molecule has 0 radical (unpaired) electrons. The summed E-state index contributed by atoms with van der Waals surface area (Å²) in [5.41, 5.74) is 1.06. The first kappa shape index (κ1) is 15.1. The van der Waals surface area contributed by atoms with Crippen LogP contribution in [0.3, 0.4) is 0 Å². The molecule has 0 aliphatic carbocycles. The zero-order chi connectivity index (χ0) is 11.4. The van der Waals surface area contributed by atoms with Crippen molar-refractivity contribution < 1.29 is 4.74 Å². The lowest BCUT2D eigenvalue weighted by molar-refractivity contribution is 0.103. The highest BCUT2D eigenvalue weighted by atomic mass is 35.5. The van der Waals surface area contributed by atoms with Gasteiger partial charge in [-0.25, -0.2) is 0 Å². The Bertz CT molecular complexity index is 354. The van der Waals surface area contributed by atoms with Crippen LogP contribution in [0.5, 0.6) is 0 Å². The van der Waals surface area contributed by atoms with Crippen molar-refractivity contribution in [3.8, 4) is 0 Å². The van der Waals surface area contributed by atoms with Crippen molar-refractivity contribution in [2.75, 3.05) is 13.2 Å². The molecule has 1 aromatic carbocycles. The summed E-state index contributed by atoms with van der Waals surface area (Å²) in [7, 11) is 0. The van der Waals surface area contributed by atoms with Crippen LogP contribution in [0.4, 0.5) is 0 Å². The molecule has 5 heteroatoms. The normalized spacial score (nSPS) is 19.1. The Morgan fingerprint density at radius 1 is 1.29 bits per heavy atom. The predicted molar refractivity (Wildman–Crippen MR) is 74.4 cm³/mol. The molecule has 0 spiro atoms. The van der Waals surface area contributed by atoms with Crippen LogP contribution in [0, 0.1) is 0 Å². The molecular formula is C12H16Cl3NO. The monoisotopic (exact) mass is 295 g/mol. The number of halogens is 3. The van der Waals surface area contributed by atoms with Crippen LogP contribution < -0.4 is 5.32 Å². The molecule has 1 heterocycles. The lowest BCUT2D eigenvalue weighted by atomic mass is 10.2. The SMILES string of the molecule is Cl.Clc1ccc(COCC2CCCN2)cc1Cl. The Morgan fingerprint density at radius 3 is 2.76 bits per heavy atom. The quantitative estimate of drug-likeness (QED) is 0.915. The van der Waals surface area contributed by atoms with Gasteiger partial charge in [-0.05, 0) is 37.1 Å². The van der Waals surface area contributed by atoms with Crippen LogP contribution in [0.25, 0.3) is 0 Å². The van der Waals surface area contributed by atoms with E-state index in [1.807, 2.05) is 12.1 Å². The molecule has 1 saturated heterocycles. The first-order valence-corrected chi connectivity index (χ1v) is 6.26. The summed E-state index contributed by atoms with van der Waals surface area (Å²) in [6.07, 6.45) is 2.46. The highest BCUT2D eigenvalue weighted by Gasteiger charge is 2.13. The Hall–Kier alpha value is 0.01000. The van der Waals surface area contributed by atoms with Crippen molar-refractivity contribution in [2.45, 2.75) is 25.5 Å². The third-order valence-corrected chi connectivity index (χ3v) is 3.47. The summed E-state index contributed by atoms with van der Waals surface area (Å²) in [4.78, 5) is 0. The minimum absolute atomic E-state index is 0. The number of hydrogen-bond donors (Lipinski definition) is 1. The van der Waals surface area contributed by atoms with E-state index >= 15 is 0 Å². The largest absolute Gasteiger partial charge is 0.375 e. The van der Waals surface area contributed by atoms with Gasteiger partial charge in [-0.15, -0.1) is 12.4 Å². The van der Waals surface area contributed by atoms with E-state index in [-0.39, 0.29) is 12.4 Å². The van der Waals surface area contributed by atoms with Gasteiger partial charge < -0.3 is 10.1 Å². The number of ether oxygens (including phenoxy) is 1. The topological polar surface area (TPSA) is 21.3 Å². The molecule has 1 aromatic rings. The maximum Gasteiger partial charge on any atom is 0.0718 e. The van der Waals surface area contributed by atoms with Crippen molar-refractivity contribution in [1.82, 2.24) is 5.32 Å². The number of hydrogen-bond acceptors (Lipinski definition) is 2. The molecule has 1 N–H and O–H groups in total. The fourth-order valence-corrected chi connectivity index (χ4v) is 2.17. The summed E-state index contributed by atoms with van der Waals surface area (Å²) in [5, 5.41) is 4.56. The maximum atomic E-state index is 5.92. The van der Waals surface area contributed by atoms with Crippen LogP contribution in [0.1, 0.15) is 18.4 Å². The van der Waals surface area contributed by atoms with Gasteiger partial charge in [0, 0.05) is 6.04 Å². The van der Waals surface area contributed by atoms with E-state index in [4.69, 9.17) is 27.9 Å².